The second kappa shape index (κ2) is 6.68. The Morgan fingerprint density at radius 1 is 1.29 bits per heavy atom. The third-order valence-corrected chi connectivity index (χ3v) is 6.57. The SMILES string of the molecule is O=C(CN1CCc2sccc2[C@H]1C1CC1)Nc1cccc(Cl)c1Cl. The molecule has 4 rings (SSSR count). The summed E-state index contributed by atoms with van der Waals surface area (Å²) in [4.78, 5) is 16.3. The molecule has 1 N–H and O–H groups in total. The number of thiophene rings is 1. The maximum absolute atomic E-state index is 12.5. The fourth-order valence-corrected chi connectivity index (χ4v) is 4.77. The van der Waals surface area contributed by atoms with E-state index >= 15 is 0 Å². The van der Waals surface area contributed by atoms with Crippen molar-refractivity contribution in [1.82, 2.24) is 4.90 Å². The number of nitrogens with zero attached hydrogens (tertiary/aromatic N) is 1. The number of anilines is 1. The van der Waals surface area contributed by atoms with E-state index in [1.54, 1.807) is 18.2 Å². The van der Waals surface area contributed by atoms with Crippen LogP contribution in [0.5, 0.6) is 0 Å². The van der Waals surface area contributed by atoms with Gasteiger partial charge in [-0.3, -0.25) is 9.69 Å². The minimum Gasteiger partial charge on any atom is -0.324 e. The first-order chi connectivity index (χ1) is 11.6. The zero-order chi connectivity index (χ0) is 16.7. The Bertz CT molecular complexity index is 772. The Morgan fingerprint density at radius 2 is 2.12 bits per heavy atom. The van der Waals surface area contributed by atoms with Gasteiger partial charge in [-0.05, 0) is 54.3 Å². The zero-order valence-corrected chi connectivity index (χ0v) is 15.4. The molecule has 1 atom stereocenters. The van der Waals surface area contributed by atoms with E-state index in [2.05, 4.69) is 21.7 Å². The topological polar surface area (TPSA) is 32.3 Å². The summed E-state index contributed by atoms with van der Waals surface area (Å²) in [5.41, 5.74) is 2.01. The first-order valence-corrected chi connectivity index (χ1v) is 9.81. The van der Waals surface area contributed by atoms with Crippen molar-refractivity contribution in [2.45, 2.75) is 25.3 Å². The average molecular weight is 381 g/mol. The minimum atomic E-state index is -0.0384. The lowest BCUT2D eigenvalue weighted by Crippen LogP contribution is -2.41. The van der Waals surface area contributed by atoms with E-state index in [1.807, 2.05) is 11.3 Å². The van der Waals surface area contributed by atoms with Crippen LogP contribution in [0.25, 0.3) is 0 Å². The number of amides is 1. The van der Waals surface area contributed by atoms with Gasteiger partial charge in [0.05, 0.1) is 22.3 Å². The van der Waals surface area contributed by atoms with Crippen molar-refractivity contribution in [3.05, 3.63) is 50.1 Å². The smallest absolute Gasteiger partial charge is 0.238 e. The molecule has 0 bridgehead atoms. The molecule has 2 aliphatic rings. The van der Waals surface area contributed by atoms with Crippen LogP contribution in [-0.4, -0.2) is 23.9 Å². The van der Waals surface area contributed by atoms with Crippen LogP contribution in [0.4, 0.5) is 5.69 Å². The van der Waals surface area contributed by atoms with Crippen LogP contribution in [-0.2, 0) is 11.2 Å². The van der Waals surface area contributed by atoms with Gasteiger partial charge in [0.25, 0.3) is 0 Å². The molecule has 3 nitrogen and oxygen atoms in total. The second-order valence-corrected chi connectivity index (χ2v) is 8.24. The van der Waals surface area contributed by atoms with Gasteiger partial charge in [-0.15, -0.1) is 11.3 Å². The molecule has 1 aliphatic heterocycles. The molecule has 126 valence electrons. The van der Waals surface area contributed by atoms with Crippen molar-refractivity contribution in [3.63, 3.8) is 0 Å². The van der Waals surface area contributed by atoms with E-state index in [0.717, 1.165) is 13.0 Å². The Labute approximate surface area is 155 Å². The van der Waals surface area contributed by atoms with Crippen LogP contribution in [0.2, 0.25) is 10.0 Å². The van der Waals surface area contributed by atoms with Gasteiger partial charge in [-0.25, -0.2) is 0 Å². The molecular weight excluding hydrogens is 363 g/mol. The monoisotopic (exact) mass is 380 g/mol. The number of benzene rings is 1. The van der Waals surface area contributed by atoms with Gasteiger partial charge in [-0.2, -0.15) is 0 Å². The van der Waals surface area contributed by atoms with Crippen LogP contribution in [0, 0.1) is 5.92 Å². The highest BCUT2D eigenvalue weighted by atomic mass is 35.5. The van der Waals surface area contributed by atoms with E-state index < -0.39 is 0 Å². The van der Waals surface area contributed by atoms with Gasteiger partial charge in [0, 0.05) is 17.5 Å². The highest BCUT2D eigenvalue weighted by Crippen LogP contribution is 2.48. The molecule has 2 heterocycles. The summed E-state index contributed by atoms with van der Waals surface area (Å²) in [7, 11) is 0. The molecule has 24 heavy (non-hydrogen) atoms. The Balaban J connectivity index is 1.48. The number of hydrogen-bond acceptors (Lipinski definition) is 3. The van der Waals surface area contributed by atoms with Crippen molar-refractivity contribution in [2.75, 3.05) is 18.4 Å². The van der Waals surface area contributed by atoms with Gasteiger partial charge in [-0.1, -0.05) is 29.3 Å². The molecule has 6 heteroatoms. The molecule has 1 fully saturated rings. The average Bonchev–Trinajstić information content (AvgIpc) is 3.28. The summed E-state index contributed by atoms with van der Waals surface area (Å²) in [5.74, 6) is 0.657. The lowest BCUT2D eigenvalue weighted by molar-refractivity contribution is -0.118. The fourth-order valence-electron chi connectivity index (χ4n) is 3.51. The maximum atomic E-state index is 12.5. The summed E-state index contributed by atoms with van der Waals surface area (Å²) in [6.07, 6.45) is 3.55. The number of rotatable bonds is 4. The van der Waals surface area contributed by atoms with Crippen LogP contribution >= 0.6 is 34.5 Å². The zero-order valence-electron chi connectivity index (χ0n) is 13.1. The molecule has 0 radical (unpaired) electrons. The second-order valence-electron chi connectivity index (χ2n) is 6.45. The molecule has 1 amide bonds. The first-order valence-electron chi connectivity index (χ1n) is 8.17. The molecule has 0 unspecified atom stereocenters. The quantitative estimate of drug-likeness (QED) is 0.808. The van der Waals surface area contributed by atoms with Crippen molar-refractivity contribution < 1.29 is 4.79 Å². The summed E-state index contributed by atoms with van der Waals surface area (Å²) < 4.78 is 0. The van der Waals surface area contributed by atoms with Crippen LogP contribution in [0.3, 0.4) is 0 Å². The molecular formula is C18H18Cl2N2OS. The molecule has 1 aliphatic carbocycles. The van der Waals surface area contributed by atoms with E-state index in [1.165, 1.54) is 23.3 Å². The number of hydrogen-bond donors (Lipinski definition) is 1. The lowest BCUT2D eigenvalue weighted by Gasteiger charge is -2.35. The normalized spacial score (nSPS) is 20.7. The fraction of sp³-hybridized carbons (Fsp3) is 0.389. The Morgan fingerprint density at radius 3 is 2.92 bits per heavy atom. The minimum absolute atomic E-state index is 0.0384. The number of fused-ring (bicyclic) bond motifs is 1. The lowest BCUT2D eigenvalue weighted by atomic mass is 9.96. The largest absolute Gasteiger partial charge is 0.324 e. The summed E-state index contributed by atoms with van der Waals surface area (Å²) >= 11 is 14.0. The highest BCUT2D eigenvalue weighted by molar-refractivity contribution is 7.10. The van der Waals surface area contributed by atoms with Gasteiger partial charge in [0.2, 0.25) is 5.91 Å². The van der Waals surface area contributed by atoms with E-state index in [9.17, 15) is 4.79 Å². The third kappa shape index (κ3) is 3.21. The van der Waals surface area contributed by atoms with Crippen molar-refractivity contribution in [1.29, 1.82) is 0 Å². The standard InChI is InChI=1S/C18H18Cl2N2OS/c19-13-2-1-3-14(17(13)20)21-16(23)10-22-8-6-15-12(7-9-24-15)18(22)11-4-5-11/h1-3,7,9,11,18H,4-6,8,10H2,(H,21,23)/t18-/m1/s1. The van der Waals surface area contributed by atoms with Gasteiger partial charge in [0.1, 0.15) is 0 Å². The van der Waals surface area contributed by atoms with Gasteiger partial charge in [0.15, 0.2) is 0 Å². The summed E-state index contributed by atoms with van der Waals surface area (Å²) in [5, 5.41) is 5.92. The van der Waals surface area contributed by atoms with Crippen molar-refractivity contribution >= 4 is 46.1 Å². The van der Waals surface area contributed by atoms with Crippen molar-refractivity contribution in [2.24, 2.45) is 5.92 Å². The van der Waals surface area contributed by atoms with Crippen molar-refractivity contribution in [3.8, 4) is 0 Å². The Hall–Kier alpha value is -1.07. The molecule has 1 aromatic carbocycles. The van der Waals surface area contributed by atoms with Crippen LogP contribution in [0.15, 0.2) is 29.6 Å². The van der Waals surface area contributed by atoms with Gasteiger partial charge >= 0.3 is 0 Å². The van der Waals surface area contributed by atoms with Crippen LogP contribution in [0.1, 0.15) is 29.3 Å². The van der Waals surface area contributed by atoms with Gasteiger partial charge < -0.3 is 5.32 Å². The third-order valence-electron chi connectivity index (χ3n) is 4.76. The van der Waals surface area contributed by atoms with E-state index in [4.69, 9.17) is 23.2 Å². The summed E-state index contributed by atoms with van der Waals surface area (Å²) in [6, 6.07) is 7.90. The predicted octanol–water partition coefficient (Wildman–Crippen LogP) is 5.00. The number of nitrogens with one attached hydrogen (secondary N) is 1. The number of carbonyl (C=O) groups excluding carboxylic acids is 1. The molecule has 0 spiro atoms. The number of carbonyl (C=O) groups is 1. The van der Waals surface area contributed by atoms with E-state index in [-0.39, 0.29) is 5.91 Å². The maximum Gasteiger partial charge on any atom is 0.238 e. The molecule has 0 saturated heterocycles. The summed E-state index contributed by atoms with van der Waals surface area (Å²) in [6.45, 7) is 1.32. The number of halogens is 2. The Kier molecular flexibility index (Phi) is 4.56. The molecule has 1 aromatic heterocycles. The molecule has 2 aromatic rings. The predicted molar refractivity (Wildman–Crippen MR) is 100 cm³/mol. The van der Waals surface area contributed by atoms with E-state index in [0.29, 0.717) is 34.2 Å². The first kappa shape index (κ1) is 16.4. The molecule has 1 saturated carbocycles. The highest BCUT2D eigenvalue weighted by Gasteiger charge is 2.40. The van der Waals surface area contributed by atoms with Crippen LogP contribution < -0.4 is 5.32 Å².